The second-order valence-corrected chi connectivity index (χ2v) is 14.1. The quantitative estimate of drug-likeness (QED) is 0.172. The zero-order valence-electron chi connectivity index (χ0n) is 29.9. The summed E-state index contributed by atoms with van der Waals surface area (Å²) in [5, 5.41) is 7.24. The monoisotopic (exact) mass is 702 g/mol. The highest BCUT2D eigenvalue weighted by Crippen LogP contribution is 2.42. The Bertz CT molecular complexity index is 3130. The third-order valence-electron chi connectivity index (χ3n) is 11.0. The van der Waals surface area contributed by atoms with Gasteiger partial charge in [0.1, 0.15) is 11.2 Å². The summed E-state index contributed by atoms with van der Waals surface area (Å²) in [6.07, 6.45) is 0. The molecule has 0 spiro atoms. The number of benzene rings is 9. The van der Waals surface area contributed by atoms with E-state index >= 15 is 0 Å². The molecule has 0 aliphatic carbocycles. The van der Waals surface area contributed by atoms with Gasteiger partial charge in [-0.05, 0) is 94.4 Å². The molecule has 2 aromatic heterocycles. The molecule has 9 aromatic carbocycles. The molecule has 0 saturated carbocycles. The molecule has 0 amide bonds. The molecular formula is C52H34N2O. The van der Waals surface area contributed by atoms with E-state index in [0.29, 0.717) is 0 Å². The van der Waals surface area contributed by atoms with Crippen molar-refractivity contribution in [3.8, 4) is 27.9 Å². The van der Waals surface area contributed by atoms with Gasteiger partial charge in [0, 0.05) is 44.0 Å². The highest BCUT2D eigenvalue weighted by molar-refractivity contribution is 6.12. The van der Waals surface area contributed by atoms with Crippen molar-refractivity contribution in [1.29, 1.82) is 0 Å². The number of aromatic nitrogens is 1. The maximum atomic E-state index is 6.22. The Morgan fingerprint density at radius 2 is 0.873 bits per heavy atom. The first kappa shape index (κ1) is 31.2. The number of rotatable bonds is 6. The molecule has 0 bridgehead atoms. The topological polar surface area (TPSA) is 21.3 Å². The van der Waals surface area contributed by atoms with Crippen LogP contribution < -0.4 is 4.90 Å². The summed E-state index contributed by atoms with van der Waals surface area (Å²) < 4.78 is 8.58. The fourth-order valence-corrected chi connectivity index (χ4v) is 8.44. The highest BCUT2D eigenvalue weighted by Gasteiger charge is 2.18. The van der Waals surface area contributed by atoms with Gasteiger partial charge in [-0.1, -0.05) is 140 Å². The molecule has 3 heteroatoms. The summed E-state index contributed by atoms with van der Waals surface area (Å²) in [4.78, 5) is 2.37. The Morgan fingerprint density at radius 1 is 0.364 bits per heavy atom. The number of hydrogen-bond acceptors (Lipinski definition) is 2. The normalized spacial score (nSPS) is 11.6. The Labute approximate surface area is 318 Å². The minimum Gasteiger partial charge on any atom is -0.456 e. The van der Waals surface area contributed by atoms with Crippen LogP contribution in [0.1, 0.15) is 0 Å². The van der Waals surface area contributed by atoms with Crippen LogP contribution in [0.15, 0.2) is 211 Å². The first-order valence-electron chi connectivity index (χ1n) is 18.8. The van der Waals surface area contributed by atoms with Gasteiger partial charge in [0.25, 0.3) is 0 Å². The lowest BCUT2D eigenvalue weighted by molar-refractivity contribution is 0.669. The highest BCUT2D eigenvalue weighted by atomic mass is 16.3. The number of anilines is 3. The third kappa shape index (κ3) is 5.13. The number of para-hydroxylation sites is 3. The molecule has 0 fully saturated rings. The maximum Gasteiger partial charge on any atom is 0.136 e. The molecule has 55 heavy (non-hydrogen) atoms. The molecule has 11 rings (SSSR count). The predicted octanol–water partition coefficient (Wildman–Crippen LogP) is 14.6. The summed E-state index contributed by atoms with van der Waals surface area (Å²) >= 11 is 0. The van der Waals surface area contributed by atoms with E-state index in [0.717, 1.165) is 50.3 Å². The third-order valence-corrected chi connectivity index (χ3v) is 11.0. The molecule has 0 radical (unpaired) electrons. The van der Waals surface area contributed by atoms with Gasteiger partial charge in [0.2, 0.25) is 0 Å². The van der Waals surface area contributed by atoms with Crippen molar-refractivity contribution in [2.45, 2.75) is 0 Å². The summed E-state index contributed by atoms with van der Waals surface area (Å²) in [7, 11) is 0. The van der Waals surface area contributed by atoms with Crippen molar-refractivity contribution < 1.29 is 4.42 Å². The molecule has 0 aliphatic rings. The van der Waals surface area contributed by atoms with Crippen LogP contribution >= 0.6 is 0 Å². The molecule has 0 N–H and O–H groups in total. The summed E-state index contributed by atoms with van der Waals surface area (Å²) in [5.74, 6) is 0. The lowest BCUT2D eigenvalue weighted by atomic mass is 9.98. The SMILES string of the molecule is c1ccc2c(N(c3ccc(-c4ccc(-n5c6ccccc6c6ccccc65)cc4)cc3)c3ccc(-c4cccc5oc6ccccc6c45)cc3)cccc2c1. The van der Waals surface area contributed by atoms with Gasteiger partial charge >= 0.3 is 0 Å². The largest absolute Gasteiger partial charge is 0.456 e. The second kappa shape index (κ2) is 12.6. The molecule has 258 valence electrons. The number of furan rings is 1. The number of nitrogens with zero attached hydrogens (tertiary/aromatic N) is 2. The number of fused-ring (bicyclic) bond motifs is 7. The molecule has 2 heterocycles. The molecule has 11 aromatic rings. The molecule has 0 atom stereocenters. The fraction of sp³-hybridized carbons (Fsp3) is 0. The Morgan fingerprint density at radius 3 is 1.56 bits per heavy atom. The van der Waals surface area contributed by atoms with Gasteiger partial charge in [-0.25, -0.2) is 0 Å². The Hall–Kier alpha value is -7.36. The van der Waals surface area contributed by atoms with Gasteiger partial charge in [-0.2, -0.15) is 0 Å². The second-order valence-electron chi connectivity index (χ2n) is 14.1. The van der Waals surface area contributed by atoms with Crippen molar-refractivity contribution in [1.82, 2.24) is 4.57 Å². The first-order valence-corrected chi connectivity index (χ1v) is 18.8. The van der Waals surface area contributed by atoms with Crippen LogP contribution in [0.3, 0.4) is 0 Å². The average molecular weight is 703 g/mol. The van der Waals surface area contributed by atoms with Gasteiger partial charge in [0.15, 0.2) is 0 Å². The van der Waals surface area contributed by atoms with Crippen molar-refractivity contribution in [3.63, 3.8) is 0 Å². The fourth-order valence-electron chi connectivity index (χ4n) is 8.44. The minimum absolute atomic E-state index is 0.904. The van der Waals surface area contributed by atoms with E-state index in [1.165, 1.54) is 49.3 Å². The maximum absolute atomic E-state index is 6.22. The lowest BCUT2D eigenvalue weighted by Gasteiger charge is -2.27. The smallest absolute Gasteiger partial charge is 0.136 e. The van der Waals surface area contributed by atoms with E-state index in [4.69, 9.17) is 4.42 Å². The summed E-state index contributed by atoms with van der Waals surface area (Å²) in [6.45, 7) is 0. The number of hydrogen-bond donors (Lipinski definition) is 0. The van der Waals surface area contributed by atoms with E-state index in [-0.39, 0.29) is 0 Å². The van der Waals surface area contributed by atoms with E-state index in [2.05, 4.69) is 204 Å². The molecule has 3 nitrogen and oxygen atoms in total. The average Bonchev–Trinajstić information content (AvgIpc) is 3.81. The van der Waals surface area contributed by atoms with Gasteiger partial charge in [-0.15, -0.1) is 0 Å². The first-order chi connectivity index (χ1) is 27.3. The zero-order valence-corrected chi connectivity index (χ0v) is 29.9. The van der Waals surface area contributed by atoms with Crippen molar-refractivity contribution in [3.05, 3.63) is 206 Å². The summed E-state index contributed by atoms with van der Waals surface area (Å²) in [6, 6.07) is 73.9. The van der Waals surface area contributed by atoms with E-state index in [1.54, 1.807) is 0 Å². The van der Waals surface area contributed by atoms with E-state index in [9.17, 15) is 0 Å². The molecule has 0 saturated heterocycles. The Kier molecular flexibility index (Phi) is 7.17. The van der Waals surface area contributed by atoms with Crippen LogP contribution in [0, 0.1) is 0 Å². The van der Waals surface area contributed by atoms with Crippen molar-refractivity contribution >= 4 is 71.6 Å². The predicted molar refractivity (Wildman–Crippen MR) is 231 cm³/mol. The van der Waals surface area contributed by atoms with Crippen molar-refractivity contribution in [2.24, 2.45) is 0 Å². The van der Waals surface area contributed by atoms with Crippen molar-refractivity contribution in [2.75, 3.05) is 4.90 Å². The minimum atomic E-state index is 0.904. The van der Waals surface area contributed by atoms with Gasteiger partial charge in [-0.3, -0.25) is 0 Å². The van der Waals surface area contributed by atoms with Crippen LogP contribution in [-0.4, -0.2) is 4.57 Å². The van der Waals surface area contributed by atoms with Crippen LogP contribution in [0.4, 0.5) is 17.1 Å². The van der Waals surface area contributed by atoms with Crippen LogP contribution in [0.5, 0.6) is 0 Å². The molecule has 0 aliphatic heterocycles. The summed E-state index contributed by atoms with van der Waals surface area (Å²) in [5.41, 5.74) is 13.4. The Balaban J connectivity index is 0.975. The lowest BCUT2D eigenvalue weighted by Crippen LogP contribution is -2.10. The van der Waals surface area contributed by atoms with E-state index in [1.807, 2.05) is 12.1 Å². The zero-order chi connectivity index (χ0) is 36.3. The van der Waals surface area contributed by atoms with Gasteiger partial charge in [0.05, 0.1) is 16.7 Å². The van der Waals surface area contributed by atoms with Gasteiger partial charge < -0.3 is 13.9 Å². The molecule has 0 unspecified atom stereocenters. The van der Waals surface area contributed by atoms with Crippen LogP contribution in [0.25, 0.3) is 82.5 Å². The van der Waals surface area contributed by atoms with E-state index < -0.39 is 0 Å². The molecular weight excluding hydrogens is 669 g/mol. The van der Waals surface area contributed by atoms with Crippen LogP contribution in [0.2, 0.25) is 0 Å². The van der Waals surface area contributed by atoms with Crippen LogP contribution in [-0.2, 0) is 0 Å². The standard InChI is InChI=1S/C52H34N2O/c1-2-13-42-37(11-1)12-9-20-47(42)53(40-33-27-38(28-34-40)43-17-10-22-51-52(43)46-16-5-8-21-50(46)55-51)39-29-23-35(24-30-39)36-25-31-41(32-26-36)54-48-18-6-3-14-44(48)45-15-4-7-19-49(45)54/h1-34H.